The lowest BCUT2D eigenvalue weighted by molar-refractivity contribution is 0.0697. The Morgan fingerprint density at radius 2 is 2.06 bits per heavy atom. The van der Waals surface area contributed by atoms with Gasteiger partial charge in [0.1, 0.15) is 0 Å². The number of aromatic nitrogens is 1. The maximum absolute atomic E-state index is 13.4. The maximum Gasteiger partial charge on any atom is 0.337 e. The third kappa shape index (κ3) is 1.67. The molecule has 0 amide bonds. The zero-order valence-corrected chi connectivity index (χ0v) is 8.00. The van der Waals surface area contributed by atoms with Crippen LogP contribution in [0.4, 0.5) is 8.78 Å². The van der Waals surface area contributed by atoms with Gasteiger partial charge in [0.05, 0.1) is 5.56 Å². The van der Waals surface area contributed by atoms with Gasteiger partial charge in [-0.2, -0.15) is 0 Å². The summed E-state index contributed by atoms with van der Waals surface area (Å²) in [5.41, 5.74) is 0.237. The summed E-state index contributed by atoms with van der Waals surface area (Å²) in [6.07, 6.45) is 1.22. The third-order valence-electron chi connectivity index (χ3n) is 2.17. The summed E-state index contributed by atoms with van der Waals surface area (Å²) in [5.74, 6) is -3.09. The average Bonchev–Trinajstić information content (AvgIpc) is 2.71. The number of halogens is 2. The van der Waals surface area contributed by atoms with Gasteiger partial charge in [0, 0.05) is 17.5 Å². The predicted molar refractivity (Wildman–Crippen MR) is 53.1 cm³/mol. The van der Waals surface area contributed by atoms with Crippen LogP contribution < -0.4 is 0 Å². The summed E-state index contributed by atoms with van der Waals surface area (Å²) in [6, 6.07) is 4.98. The first-order valence-corrected chi connectivity index (χ1v) is 4.45. The minimum absolute atomic E-state index is 0.00124. The Balaban J connectivity index is 2.50. The Morgan fingerprint density at radius 3 is 2.69 bits per heavy atom. The summed E-state index contributed by atoms with van der Waals surface area (Å²) in [6.45, 7) is 0. The van der Waals surface area contributed by atoms with E-state index in [1.165, 1.54) is 24.4 Å². The number of carbonyl (C=O) groups is 1. The van der Waals surface area contributed by atoms with E-state index < -0.39 is 17.6 Å². The first-order chi connectivity index (χ1) is 7.59. The predicted octanol–water partition coefficient (Wildman–Crippen LogP) is 2.66. The van der Waals surface area contributed by atoms with E-state index in [4.69, 9.17) is 5.11 Å². The van der Waals surface area contributed by atoms with E-state index >= 15 is 0 Å². The van der Waals surface area contributed by atoms with Crippen molar-refractivity contribution in [2.24, 2.45) is 0 Å². The van der Waals surface area contributed by atoms with Crippen LogP contribution in [0.1, 0.15) is 10.4 Å². The van der Waals surface area contributed by atoms with Crippen LogP contribution in [0.5, 0.6) is 0 Å². The molecule has 0 atom stereocenters. The van der Waals surface area contributed by atoms with Gasteiger partial charge in [-0.05, 0) is 18.2 Å². The van der Waals surface area contributed by atoms with Gasteiger partial charge in [0.25, 0.3) is 0 Å². The molecule has 2 N–H and O–H groups in total. The number of nitrogens with one attached hydrogen (secondary N) is 1. The fourth-order valence-corrected chi connectivity index (χ4v) is 1.39. The molecule has 0 saturated heterocycles. The molecular weight excluding hydrogens is 216 g/mol. The number of H-pyrrole nitrogens is 1. The van der Waals surface area contributed by atoms with E-state index in [1.807, 2.05) is 0 Å². The highest BCUT2D eigenvalue weighted by Gasteiger charge is 2.13. The lowest BCUT2D eigenvalue weighted by atomic mass is 10.1. The molecule has 0 saturated carbocycles. The number of hydrogen-bond acceptors (Lipinski definition) is 1. The number of carboxylic acids is 1. The van der Waals surface area contributed by atoms with Crippen LogP contribution in [0.15, 0.2) is 30.5 Å². The van der Waals surface area contributed by atoms with Gasteiger partial charge in [-0.3, -0.25) is 0 Å². The Morgan fingerprint density at radius 1 is 1.31 bits per heavy atom. The minimum Gasteiger partial charge on any atom is -0.478 e. The molecule has 0 aliphatic carbocycles. The second-order valence-electron chi connectivity index (χ2n) is 3.21. The summed E-state index contributed by atoms with van der Waals surface area (Å²) >= 11 is 0. The van der Waals surface area contributed by atoms with E-state index in [-0.39, 0.29) is 16.8 Å². The lowest BCUT2D eigenvalue weighted by Gasteiger charge is -2.00. The van der Waals surface area contributed by atoms with E-state index in [0.29, 0.717) is 0 Å². The summed E-state index contributed by atoms with van der Waals surface area (Å²) in [4.78, 5) is 13.2. The van der Waals surface area contributed by atoms with Crippen LogP contribution in [0.3, 0.4) is 0 Å². The fraction of sp³-hybridized carbons (Fsp3) is 0. The molecule has 1 aromatic carbocycles. The molecule has 3 nitrogen and oxygen atoms in total. The standard InChI is InChI=1S/C11H7F2NO2/c12-8-3-1-2-7(10(8)13)9-4-6(5-14-9)11(15)16/h1-5,14H,(H,15,16). The van der Waals surface area contributed by atoms with Crippen molar-refractivity contribution in [1.29, 1.82) is 0 Å². The topological polar surface area (TPSA) is 53.1 Å². The van der Waals surface area contributed by atoms with Gasteiger partial charge in [-0.1, -0.05) is 6.07 Å². The number of hydrogen-bond donors (Lipinski definition) is 2. The second-order valence-corrected chi connectivity index (χ2v) is 3.21. The van der Waals surface area contributed by atoms with E-state index in [1.54, 1.807) is 0 Å². The molecule has 0 radical (unpaired) electrons. The van der Waals surface area contributed by atoms with Crippen molar-refractivity contribution in [1.82, 2.24) is 4.98 Å². The Labute approximate surface area is 89.3 Å². The minimum atomic E-state index is -1.13. The van der Waals surface area contributed by atoms with Gasteiger partial charge in [0.2, 0.25) is 0 Å². The molecule has 1 aromatic heterocycles. The molecular formula is C11H7F2NO2. The van der Waals surface area contributed by atoms with Crippen molar-refractivity contribution in [3.63, 3.8) is 0 Å². The quantitative estimate of drug-likeness (QED) is 0.822. The number of benzene rings is 1. The molecule has 0 fully saturated rings. The highest BCUT2D eigenvalue weighted by Crippen LogP contribution is 2.23. The first kappa shape index (κ1) is 10.4. The van der Waals surface area contributed by atoms with Crippen LogP contribution in [0.2, 0.25) is 0 Å². The summed E-state index contributed by atoms with van der Waals surface area (Å²) in [5, 5.41) is 8.68. The monoisotopic (exact) mass is 223 g/mol. The van der Waals surface area contributed by atoms with Gasteiger partial charge < -0.3 is 10.1 Å². The number of rotatable bonds is 2. The van der Waals surface area contributed by atoms with Gasteiger partial charge in [-0.25, -0.2) is 13.6 Å². The maximum atomic E-state index is 13.4. The lowest BCUT2D eigenvalue weighted by Crippen LogP contribution is -1.92. The smallest absolute Gasteiger partial charge is 0.337 e. The van der Waals surface area contributed by atoms with Crippen molar-refractivity contribution in [2.45, 2.75) is 0 Å². The zero-order valence-electron chi connectivity index (χ0n) is 8.00. The molecule has 0 unspecified atom stereocenters. The highest BCUT2D eigenvalue weighted by atomic mass is 19.2. The Hall–Kier alpha value is -2.17. The molecule has 16 heavy (non-hydrogen) atoms. The SMILES string of the molecule is O=C(O)c1c[nH]c(-c2cccc(F)c2F)c1. The molecule has 2 rings (SSSR count). The number of aromatic amines is 1. The molecule has 2 aromatic rings. The molecule has 0 spiro atoms. The summed E-state index contributed by atoms with van der Waals surface area (Å²) in [7, 11) is 0. The van der Waals surface area contributed by atoms with Crippen molar-refractivity contribution in [2.75, 3.05) is 0 Å². The summed E-state index contributed by atoms with van der Waals surface area (Å²) < 4.78 is 26.3. The average molecular weight is 223 g/mol. The molecule has 82 valence electrons. The van der Waals surface area contributed by atoms with Gasteiger partial charge in [-0.15, -0.1) is 0 Å². The van der Waals surface area contributed by atoms with Crippen LogP contribution in [0.25, 0.3) is 11.3 Å². The zero-order chi connectivity index (χ0) is 11.7. The molecule has 0 aliphatic heterocycles. The molecule has 0 bridgehead atoms. The third-order valence-corrected chi connectivity index (χ3v) is 2.17. The normalized spacial score (nSPS) is 10.4. The van der Waals surface area contributed by atoms with Gasteiger partial charge in [0.15, 0.2) is 11.6 Å². The number of aromatic carboxylic acids is 1. The van der Waals surface area contributed by atoms with Crippen LogP contribution in [-0.2, 0) is 0 Å². The second kappa shape index (κ2) is 3.77. The first-order valence-electron chi connectivity index (χ1n) is 4.45. The van der Waals surface area contributed by atoms with E-state index in [9.17, 15) is 13.6 Å². The van der Waals surface area contributed by atoms with Gasteiger partial charge >= 0.3 is 5.97 Å². The van der Waals surface area contributed by atoms with E-state index in [2.05, 4.69) is 4.98 Å². The van der Waals surface area contributed by atoms with Crippen LogP contribution in [0, 0.1) is 11.6 Å². The van der Waals surface area contributed by atoms with Crippen molar-refractivity contribution < 1.29 is 18.7 Å². The molecule has 1 heterocycles. The molecule has 5 heteroatoms. The van der Waals surface area contributed by atoms with E-state index in [0.717, 1.165) is 6.07 Å². The Bertz CT molecular complexity index is 549. The highest BCUT2D eigenvalue weighted by molar-refractivity contribution is 5.89. The van der Waals surface area contributed by atoms with Crippen molar-refractivity contribution in [3.8, 4) is 11.3 Å². The van der Waals surface area contributed by atoms with Crippen LogP contribution in [-0.4, -0.2) is 16.1 Å². The number of carboxylic acid groups (broad SMARTS) is 1. The van der Waals surface area contributed by atoms with Crippen LogP contribution >= 0.6 is 0 Å². The Kier molecular flexibility index (Phi) is 2.44. The largest absolute Gasteiger partial charge is 0.478 e. The fourth-order valence-electron chi connectivity index (χ4n) is 1.39. The molecule has 0 aliphatic rings. The van der Waals surface area contributed by atoms with Crippen molar-refractivity contribution in [3.05, 3.63) is 47.7 Å². The van der Waals surface area contributed by atoms with Crippen molar-refractivity contribution >= 4 is 5.97 Å².